The maximum absolute atomic E-state index is 14.3. The van der Waals surface area contributed by atoms with E-state index in [-0.39, 0.29) is 12.1 Å². The Kier molecular flexibility index (Phi) is 7.07. The second kappa shape index (κ2) is 8.79. The molecule has 0 aliphatic carbocycles. The number of Topliss-reactive ketones (excluding diaryl/α,β-unsaturated/α-hetero) is 1. The van der Waals surface area contributed by atoms with Gasteiger partial charge < -0.3 is 10.5 Å². The second-order valence-electron chi connectivity index (χ2n) is 6.28. The average Bonchev–Trinajstić information content (AvgIpc) is 2.63. The van der Waals surface area contributed by atoms with Crippen LogP contribution in [0.15, 0.2) is 34.8 Å². The van der Waals surface area contributed by atoms with Crippen molar-refractivity contribution >= 4 is 27.4 Å². The fourth-order valence-corrected chi connectivity index (χ4v) is 3.27. The standard InChI is InChI=1S/C18H10BrF10NO2/c19-10-4-7(16(23,17(24,25)26)18(27,28)29)5-13(32-15(21)22)9(10)6-12(31)8-2-1-3-11(30)14(8)20/h1-5,15H,6,30H2. The van der Waals surface area contributed by atoms with Crippen LogP contribution in [0.5, 0.6) is 5.75 Å². The van der Waals surface area contributed by atoms with Crippen molar-refractivity contribution in [1.29, 1.82) is 0 Å². The maximum atomic E-state index is 14.3. The molecule has 0 aromatic heterocycles. The van der Waals surface area contributed by atoms with Gasteiger partial charge in [0.2, 0.25) is 0 Å². The number of ether oxygens (including phenoxy) is 1. The minimum absolute atomic E-state index is 0.0254. The highest BCUT2D eigenvalue weighted by Gasteiger charge is 2.73. The van der Waals surface area contributed by atoms with E-state index in [0.717, 1.165) is 12.1 Å². The van der Waals surface area contributed by atoms with E-state index >= 15 is 0 Å². The normalized spacial score (nSPS) is 12.9. The lowest BCUT2D eigenvalue weighted by molar-refractivity contribution is -0.348. The van der Waals surface area contributed by atoms with E-state index in [4.69, 9.17) is 5.73 Å². The Morgan fingerprint density at radius 2 is 1.59 bits per heavy atom. The molecule has 32 heavy (non-hydrogen) atoms. The molecular formula is C18H10BrF10NO2. The van der Waals surface area contributed by atoms with Gasteiger partial charge >= 0.3 is 24.6 Å². The first-order chi connectivity index (χ1) is 14.5. The first-order valence-electron chi connectivity index (χ1n) is 8.18. The Morgan fingerprint density at radius 3 is 2.09 bits per heavy atom. The monoisotopic (exact) mass is 541 g/mol. The quantitative estimate of drug-likeness (QED) is 0.258. The molecule has 0 unspecified atom stereocenters. The SMILES string of the molecule is Nc1cccc(C(=O)Cc2c(Br)cc(C(F)(C(F)(F)F)C(F)(F)F)cc2OC(F)F)c1F. The van der Waals surface area contributed by atoms with E-state index in [2.05, 4.69) is 20.7 Å². The van der Waals surface area contributed by atoms with Crippen LogP contribution < -0.4 is 10.5 Å². The molecule has 0 atom stereocenters. The van der Waals surface area contributed by atoms with Gasteiger partial charge in [-0.3, -0.25) is 4.79 Å². The molecule has 0 spiro atoms. The number of hydrogen-bond acceptors (Lipinski definition) is 3. The summed E-state index contributed by atoms with van der Waals surface area (Å²) in [5.41, 5.74) is -4.50. The highest BCUT2D eigenvalue weighted by atomic mass is 79.9. The van der Waals surface area contributed by atoms with E-state index in [1.54, 1.807) is 0 Å². The second-order valence-corrected chi connectivity index (χ2v) is 7.13. The number of nitrogen functional groups attached to an aromatic ring is 1. The van der Waals surface area contributed by atoms with E-state index < -0.39 is 75.3 Å². The number of carbonyl (C=O) groups excluding carboxylic acids is 1. The third-order valence-corrected chi connectivity index (χ3v) is 4.92. The molecular weight excluding hydrogens is 532 g/mol. The summed E-state index contributed by atoms with van der Waals surface area (Å²) in [6.45, 7) is -3.76. The van der Waals surface area contributed by atoms with Crippen molar-refractivity contribution in [3.05, 3.63) is 57.3 Å². The highest BCUT2D eigenvalue weighted by molar-refractivity contribution is 9.10. The third-order valence-electron chi connectivity index (χ3n) is 4.22. The van der Waals surface area contributed by atoms with Gasteiger partial charge in [0.15, 0.2) is 11.6 Å². The van der Waals surface area contributed by atoms with Crippen LogP contribution in [0.4, 0.5) is 49.6 Å². The van der Waals surface area contributed by atoms with Crippen molar-refractivity contribution in [1.82, 2.24) is 0 Å². The molecule has 0 heterocycles. The van der Waals surface area contributed by atoms with Crippen LogP contribution in [0.25, 0.3) is 0 Å². The molecule has 14 heteroatoms. The van der Waals surface area contributed by atoms with Crippen LogP contribution in [-0.2, 0) is 12.1 Å². The maximum Gasteiger partial charge on any atom is 0.435 e. The number of hydrogen-bond donors (Lipinski definition) is 1. The van der Waals surface area contributed by atoms with E-state index in [0.29, 0.717) is 0 Å². The van der Waals surface area contributed by atoms with Crippen LogP contribution in [-0.4, -0.2) is 24.7 Å². The predicted molar refractivity (Wildman–Crippen MR) is 94.5 cm³/mol. The number of carbonyl (C=O) groups is 1. The number of rotatable bonds is 6. The molecule has 0 radical (unpaired) electrons. The Morgan fingerprint density at radius 1 is 1.03 bits per heavy atom. The smallest absolute Gasteiger partial charge is 0.434 e. The Labute approximate surface area is 181 Å². The fourth-order valence-electron chi connectivity index (χ4n) is 2.69. The minimum atomic E-state index is -6.52. The first-order valence-corrected chi connectivity index (χ1v) is 8.97. The topological polar surface area (TPSA) is 52.3 Å². The largest absolute Gasteiger partial charge is 0.435 e. The van der Waals surface area contributed by atoms with Crippen LogP contribution in [0.3, 0.4) is 0 Å². The van der Waals surface area contributed by atoms with Crippen LogP contribution >= 0.6 is 15.9 Å². The summed E-state index contributed by atoms with van der Waals surface area (Å²) in [5.74, 6) is -3.66. The number of ketones is 1. The van der Waals surface area contributed by atoms with Crippen molar-refractivity contribution in [3.8, 4) is 5.75 Å². The summed E-state index contributed by atoms with van der Waals surface area (Å²) in [6, 6.07) is 3.01. The van der Waals surface area contributed by atoms with Gasteiger partial charge in [0.1, 0.15) is 5.75 Å². The Balaban J connectivity index is 2.66. The van der Waals surface area contributed by atoms with Gasteiger partial charge in [-0.15, -0.1) is 0 Å². The van der Waals surface area contributed by atoms with E-state index in [1.165, 1.54) is 6.07 Å². The summed E-state index contributed by atoms with van der Waals surface area (Å²) in [7, 11) is 0. The van der Waals surface area contributed by atoms with E-state index in [9.17, 15) is 48.7 Å². The highest BCUT2D eigenvalue weighted by Crippen LogP contribution is 2.54. The van der Waals surface area contributed by atoms with Crippen molar-refractivity contribution < 1.29 is 53.4 Å². The number of anilines is 1. The average molecular weight is 542 g/mol. The summed E-state index contributed by atoms with van der Waals surface area (Å²) < 4.78 is 135. The molecule has 0 bridgehead atoms. The van der Waals surface area contributed by atoms with Gasteiger partial charge in [-0.25, -0.2) is 8.78 Å². The van der Waals surface area contributed by atoms with Crippen molar-refractivity contribution in [2.45, 2.75) is 31.1 Å². The number of halogens is 11. The first kappa shape index (κ1) is 25.7. The van der Waals surface area contributed by atoms with Gasteiger partial charge in [0.05, 0.1) is 11.3 Å². The van der Waals surface area contributed by atoms with Gasteiger partial charge in [0.25, 0.3) is 0 Å². The lowest BCUT2D eigenvalue weighted by Crippen LogP contribution is -2.50. The Hall–Kier alpha value is -2.51. The molecule has 2 aromatic rings. The zero-order chi connectivity index (χ0) is 24.6. The molecule has 0 saturated heterocycles. The van der Waals surface area contributed by atoms with Crippen LogP contribution in [0.1, 0.15) is 21.5 Å². The molecule has 0 aliphatic heterocycles. The number of benzene rings is 2. The summed E-state index contributed by atoms with van der Waals surface area (Å²) in [4.78, 5) is 12.4. The van der Waals surface area contributed by atoms with Crippen molar-refractivity contribution in [2.75, 3.05) is 5.73 Å². The summed E-state index contributed by atoms with van der Waals surface area (Å²) >= 11 is 2.55. The molecule has 0 fully saturated rings. The minimum Gasteiger partial charge on any atom is -0.434 e. The molecule has 2 aromatic carbocycles. The fraction of sp³-hybridized carbons (Fsp3) is 0.278. The number of nitrogens with two attached hydrogens (primary N) is 1. The van der Waals surface area contributed by atoms with Crippen molar-refractivity contribution in [2.24, 2.45) is 0 Å². The molecule has 3 nitrogen and oxygen atoms in total. The summed E-state index contributed by atoms with van der Waals surface area (Å²) in [6.07, 6.45) is -14.1. The molecule has 0 saturated carbocycles. The molecule has 176 valence electrons. The molecule has 0 amide bonds. The lowest BCUT2D eigenvalue weighted by Gasteiger charge is -2.31. The van der Waals surface area contributed by atoms with Gasteiger partial charge in [0, 0.05) is 22.0 Å². The predicted octanol–water partition coefficient (Wildman–Crippen LogP) is 6.49. The zero-order valence-electron chi connectivity index (χ0n) is 15.2. The zero-order valence-corrected chi connectivity index (χ0v) is 16.8. The van der Waals surface area contributed by atoms with Crippen molar-refractivity contribution in [3.63, 3.8) is 0 Å². The van der Waals surface area contributed by atoms with Crippen LogP contribution in [0, 0.1) is 5.82 Å². The Bertz CT molecular complexity index is 1010. The van der Waals surface area contributed by atoms with Gasteiger partial charge in [-0.2, -0.15) is 35.1 Å². The summed E-state index contributed by atoms with van der Waals surface area (Å²) in [5, 5.41) is 0. The number of alkyl halides is 9. The van der Waals surface area contributed by atoms with Gasteiger partial charge in [-0.05, 0) is 24.3 Å². The molecule has 2 N–H and O–H groups in total. The molecule has 0 aliphatic rings. The van der Waals surface area contributed by atoms with E-state index in [1.807, 2.05) is 0 Å². The van der Waals surface area contributed by atoms with Crippen LogP contribution in [0.2, 0.25) is 0 Å². The third kappa shape index (κ3) is 4.79. The lowest BCUT2D eigenvalue weighted by atomic mass is 9.91. The van der Waals surface area contributed by atoms with Gasteiger partial charge in [-0.1, -0.05) is 22.0 Å². The molecule has 2 rings (SSSR count).